The lowest BCUT2D eigenvalue weighted by molar-refractivity contribution is 0.626. The van der Waals surface area contributed by atoms with Crippen LogP contribution in [0.3, 0.4) is 0 Å². The van der Waals surface area contributed by atoms with Crippen LogP contribution in [0.2, 0.25) is 0 Å². The lowest BCUT2D eigenvalue weighted by Gasteiger charge is -2.04. The number of hydrogen-bond donors (Lipinski definition) is 1. The van der Waals surface area contributed by atoms with E-state index in [0.29, 0.717) is 16.8 Å². The van der Waals surface area contributed by atoms with Crippen molar-refractivity contribution < 1.29 is 4.39 Å². The molecule has 0 amide bonds. The lowest BCUT2D eigenvalue weighted by atomic mass is 10.2. The summed E-state index contributed by atoms with van der Waals surface area (Å²) in [5.41, 5.74) is 6.68. The number of halogens is 1. The van der Waals surface area contributed by atoms with Crippen molar-refractivity contribution in [2.75, 3.05) is 5.73 Å². The van der Waals surface area contributed by atoms with E-state index in [9.17, 15) is 9.18 Å². The van der Waals surface area contributed by atoms with E-state index in [1.807, 2.05) is 0 Å². The van der Waals surface area contributed by atoms with E-state index in [1.54, 1.807) is 12.1 Å². The Labute approximate surface area is 111 Å². The molecule has 0 unspecified atom stereocenters. The second kappa shape index (κ2) is 4.43. The minimum Gasteiger partial charge on any atom is -0.381 e. The van der Waals surface area contributed by atoms with Crippen molar-refractivity contribution in [3.63, 3.8) is 0 Å². The van der Waals surface area contributed by atoms with Crippen LogP contribution in [0.5, 0.6) is 0 Å². The van der Waals surface area contributed by atoms with Crippen LogP contribution in [0.1, 0.15) is 5.56 Å². The quantitative estimate of drug-likeness (QED) is 0.772. The van der Waals surface area contributed by atoms with Crippen LogP contribution in [0.25, 0.3) is 10.2 Å². The summed E-state index contributed by atoms with van der Waals surface area (Å²) < 4.78 is 18.6. The number of nitrogens with two attached hydrogens (primary N) is 1. The first-order chi connectivity index (χ1) is 9.15. The summed E-state index contributed by atoms with van der Waals surface area (Å²) in [7, 11) is 0. The predicted molar refractivity (Wildman–Crippen MR) is 71.6 cm³/mol. The molecule has 3 rings (SSSR count). The third-order valence-electron chi connectivity index (χ3n) is 2.74. The van der Waals surface area contributed by atoms with Gasteiger partial charge in [0.1, 0.15) is 16.0 Å². The van der Waals surface area contributed by atoms with Crippen molar-refractivity contribution in [3.05, 3.63) is 52.3 Å². The highest BCUT2D eigenvalue weighted by atomic mass is 32.1. The topological polar surface area (TPSA) is 73.8 Å². The highest BCUT2D eigenvalue weighted by molar-refractivity contribution is 7.13. The minimum atomic E-state index is -0.306. The molecule has 19 heavy (non-hydrogen) atoms. The molecule has 2 aromatic heterocycles. The van der Waals surface area contributed by atoms with Gasteiger partial charge in [-0.15, -0.1) is 0 Å². The molecule has 0 fully saturated rings. The molecule has 96 valence electrons. The molecule has 0 aliphatic rings. The fraction of sp³-hybridized carbons (Fsp3) is 0.0833. The van der Waals surface area contributed by atoms with E-state index < -0.39 is 0 Å². The zero-order valence-corrected chi connectivity index (χ0v) is 10.5. The molecule has 0 saturated carbocycles. The van der Waals surface area contributed by atoms with Crippen molar-refractivity contribution in [2.24, 2.45) is 0 Å². The Kier molecular flexibility index (Phi) is 2.75. The summed E-state index contributed by atoms with van der Waals surface area (Å²) in [6, 6.07) is 5.98. The lowest BCUT2D eigenvalue weighted by Crippen LogP contribution is -2.20. The van der Waals surface area contributed by atoms with Gasteiger partial charge in [0.15, 0.2) is 5.82 Å². The maximum atomic E-state index is 12.8. The molecule has 1 aromatic carbocycles. The van der Waals surface area contributed by atoms with Crippen LogP contribution in [-0.2, 0) is 6.54 Å². The van der Waals surface area contributed by atoms with Gasteiger partial charge in [-0.3, -0.25) is 9.36 Å². The summed E-state index contributed by atoms with van der Waals surface area (Å²) >= 11 is 1.04. The number of nitrogen functional groups attached to an aromatic ring is 1. The van der Waals surface area contributed by atoms with Gasteiger partial charge in [0.05, 0.1) is 12.9 Å². The summed E-state index contributed by atoms with van der Waals surface area (Å²) in [4.78, 5) is 16.3. The van der Waals surface area contributed by atoms with Crippen molar-refractivity contribution in [1.29, 1.82) is 0 Å². The predicted octanol–water partition coefficient (Wildman–Crippen LogP) is 1.62. The molecule has 2 N–H and O–H groups in total. The van der Waals surface area contributed by atoms with Gasteiger partial charge in [0, 0.05) is 0 Å². The highest BCUT2D eigenvalue weighted by Crippen LogP contribution is 2.18. The number of benzene rings is 1. The van der Waals surface area contributed by atoms with Crippen molar-refractivity contribution in [1.82, 2.24) is 13.9 Å². The molecule has 0 aliphatic carbocycles. The second-order valence-electron chi connectivity index (χ2n) is 4.05. The molecular weight excluding hydrogens is 267 g/mol. The number of hydrogen-bond acceptors (Lipinski definition) is 5. The Morgan fingerprint density at radius 2 is 2.05 bits per heavy atom. The molecule has 0 saturated heterocycles. The number of rotatable bonds is 2. The molecule has 0 atom stereocenters. The van der Waals surface area contributed by atoms with Crippen LogP contribution < -0.4 is 11.3 Å². The standard InChI is InChI=1S/C12H9FN4OS/c13-8-3-1-7(2-4-8)5-17-6-15-9-10(12(17)18)19-16-11(9)14/h1-4,6H,5H2,(H2,14,16). The van der Waals surface area contributed by atoms with Gasteiger partial charge < -0.3 is 5.73 Å². The van der Waals surface area contributed by atoms with E-state index in [0.717, 1.165) is 17.1 Å². The maximum Gasteiger partial charge on any atom is 0.273 e. The number of fused-ring (bicyclic) bond motifs is 1. The summed E-state index contributed by atoms with van der Waals surface area (Å²) in [6.45, 7) is 0.333. The normalized spacial score (nSPS) is 11.0. The van der Waals surface area contributed by atoms with E-state index >= 15 is 0 Å². The number of aromatic nitrogens is 3. The Morgan fingerprint density at radius 1 is 1.32 bits per heavy atom. The van der Waals surface area contributed by atoms with E-state index in [4.69, 9.17) is 5.73 Å². The van der Waals surface area contributed by atoms with Gasteiger partial charge in [-0.1, -0.05) is 12.1 Å². The van der Waals surface area contributed by atoms with Gasteiger partial charge in [0.2, 0.25) is 0 Å². The van der Waals surface area contributed by atoms with E-state index in [1.165, 1.54) is 23.0 Å². The van der Waals surface area contributed by atoms with Crippen LogP contribution in [0, 0.1) is 5.82 Å². The number of nitrogens with zero attached hydrogens (tertiary/aromatic N) is 3. The van der Waals surface area contributed by atoms with Gasteiger partial charge in [0.25, 0.3) is 5.56 Å². The molecule has 0 spiro atoms. The zero-order valence-electron chi connectivity index (χ0n) is 9.71. The fourth-order valence-electron chi connectivity index (χ4n) is 1.77. The van der Waals surface area contributed by atoms with Gasteiger partial charge in [-0.25, -0.2) is 9.37 Å². The average molecular weight is 276 g/mol. The molecule has 0 bridgehead atoms. The Bertz CT molecular complexity index is 794. The minimum absolute atomic E-state index is 0.191. The zero-order chi connectivity index (χ0) is 13.4. The van der Waals surface area contributed by atoms with Gasteiger partial charge >= 0.3 is 0 Å². The molecule has 5 nitrogen and oxygen atoms in total. The van der Waals surface area contributed by atoms with Gasteiger partial charge in [-0.05, 0) is 29.2 Å². The molecule has 7 heteroatoms. The largest absolute Gasteiger partial charge is 0.381 e. The first-order valence-electron chi connectivity index (χ1n) is 5.50. The summed E-state index contributed by atoms with van der Waals surface area (Å²) in [5.74, 6) is -0.0362. The number of anilines is 1. The first kappa shape index (κ1) is 11.8. The van der Waals surface area contributed by atoms with Crippen LogP contribution in [0.4, 0.5) is 10.2 Å². The summed E-state index contributed by atoms with van der Waals surface area (Å²) in [5, 5.41) is 0. The highest BCUT2D eigenvalue weighted by Gasteiger charge is 2.10. The van der Waals surface area contributed by atoms with Crippen molar-refractivity contribution >= 4 is 27.6 Å². The molecule has 2 heterocycles. The molecule has 3 aromatic rings. The van der Waals surface area contributed by atoms with Crippen LogP contribution >= 0.6 is 11.5 Å². The first-order valence-corrected chi connectivity index (χ1v) is 6.27. The Balaban J connectivity index is 2.04. The molecule has 0 aliphatic heterocycles. The van der Waals surface area contributed by atoms with E-state index in [2.05, 4.69) is 9.36 Å². The van der Waals surface area contributed by atoms with Crippen LogP contribution in [-0.4, -0.2) is 13.9 Å². The van der Waals surface area contributed by atoms with Crippen molar-refractivity contribution in [2.45, 2.75) is 6.54 Å². The van der Waals surface area contributed by atoms with Crippen LogP contribution in [0.15, 0.2) is 35.4 Å². The SMILES string of the molecule is Nc1nsc2c(=O)n(Cc3ccc(F)cc3)cnc12. The third kappa shape index (κ3) is 2.08. The fourth-order valence-corrected chi connectivity index (χ4v) is 2.49. The Morgan fingerprint density at radius 3 is 2.79 bits per heavy atom. The third-order valence-corrected chi connectivity index (χ3v) is 3.58. The summed E-state index contributed by atoms with van der Waals surface area (Å²) in [6.07, 6.45) is 1.43. The van der Waals surface area contributed by atoms with Crippen molar-refractivity contribution in [3.8, 4) is 0 Å². The monoisotopic (exact) mass is 276 g/mol. The van der Waals surface area contributed by atoms with Gasteiger partial charge in [-0.2, -0.15) is 4.37 Å². The smallest absolute Gasteiger partial charge is 0.273 e. The molecule has 0 radical (unpaired) electrons. The average Bonchev–Trinajstić information content (AvgIpc) is 2.78. The molecular formula is C12H9FN4OS. The van der Waals surface area contributed by atoms with E-state index in [-0.39, 0.29) is 17.2 Å². The Hall–Kier alpha value is -2.28. The second-order valence-corrected chi connectivity index (χ2v) is 4.82. The maximum absolute atomic E-state index is 12.8.